The van der Waals surface area contributed by atoms with E-state index >= 15 is 0 Å². The van der Waals surface area contributed by atoms with Gasteiger partial charge in [0.25, 0.3) is 0 Å². The van der Waals surface area contributed by atoms with E-state index in [0.29, 0.717) is 0 Å². The van der Waals surface area contributed by atoms with Crippen LogP contribution in [0.1, 0.15) is 31.2 Å². The molecule has 0 spiro atoms. The Morgan fingerprint density at radius 1 is 1.32 bits per heavy atom. The summed E-state index contributed by atoms with van der Waals surface area (Å²) in [6.07, 6.45) is 3.99. The van der Waals surface area contributed by atoms with Crippen LogP contribution < -0.4 is 0 Å². The molecule has 0 bridgehead atoms. The van der Waals surface area contributed by atoms with E-state index in [2.05, 4.69) is 12.1 Å². The molecule has 1 heterocycles. The molecule has 1 N–H and O–H groups in total. The highest BCUT2D eigenvalue weighted by atomic mass is 16.3. The number of benzene rings is 1. The maximum absolute atomic E-state index is 12.8. The molecule has 2 fully saturated rings. The minimum Gasteiger partial charge on any atom is -0.396 e. The van der Waals surface area contributed by atoms with Gasteiger partial charge >= 0.3 is 0 Å². The SMILES string of the molecule is O=C(N1CCC[C@H](CO)C1)C1(c2ccccc2)CC1. The van der Waals surface area contributed by atoms with Gasteiger partial charge < -0.3 is 10.0 Å². The van der Waals surface area contributed by atoms with Crippen molar-refractivity contribution in [2.24, 2.45) is 5.92 Å². The smallest absolute Gasteiger partial charge is 0.233 e. The number of aliphatic hydroxyl groups excluding tert-OH is 1. The third kappa shape index (κ3) is 2.27. The topological polar surface area (TPSA) is 40.5 Å². The lowest BCUT2D eigenvalue weighted by Crippen LogP contribution is -2.45. The number of aliphatic hydroxyl groups is 1. The first-order chi connectivity index (χ1) is 9.26. The van der Waals surface area contributed by atoms with Gasteiger partial charge in [0.05, 0.1) is 5.41 Å². The Kier molecular flexibility index (Phi) is 3.31. The van der Waals surface area contributed by atoms with Gasteiger partial charge in [0.1, 0.15) is 0 Å². The molecule has 1 aliphatic carbocycles. The van der Waals surface area contributed by atoms with E-state index in [1.807, 2.05) is 23.1 Å². The van der Waals surface area contributed by atoms with Crippen molar-refractivity contribution in [1.29, 1.82) is 0 Å². The summed E-state index contributed by atoms with van der Waals surface area (Å²) >= 11 is 0. The standard InChI is InChI=1S/C16H21NO2/c18-12-13-5-4-10-17(11-13)15(19)16(8-9-16)14-6-2-1-3-7-14/h1-3,6-7,13,18H,4-5,8-12H2/t13-/m0/s1. The van der Waals surface area contributed by atoms with Gasteiger partial charge in [0, 0.05) is 19.7 Å². The largest absolute Gasteiger partial charge is 0.396 e. The monoisotopic (exact) mass is 259 g/mol. The fourth-order valence-electron chi connectivity index (χ4n) is 3.21. The van der Waals surface area contributed by atoms with Crippen LogP contribution in [0, 0.1) is 5.92 Å². The molecule has 0 aromatic heterocycles. The second kappa shape index (κ2) is 4.97. The number of carbonyl (C=O) groups excluding carboxylic acids is 1. The third-order valence-corrected chi connectivity index (χ3v) is 4.55. The van der Waals surface area contributed by atoms with Crippen molar-refractivity contribution in [3.8, 4) is 0 Å². The van der Waals surface area contributed by atoms with Gasteiger partial charge in [-0.3, -0.25) is 4.79 Å². The van der Waals surface area contributed by atoms with E-state index in [1.165, 1.54) is 0 Å². The first-order valence-corrected chi connectivity index (χ1v) is 7.22. The maximum atomic E-state index is 12.8. The van der Waals surface area contributed by atoms with E-state index in [1.54, 1.807) is 0 Å². The number of nitrogens with zero attached hydrogens (tertiary/aromatic N) is 1. The second-order valence-corrected chi connectivity index (χ2v) is 5.89. The number of hydrogen-bond acceptors (Lipinski definition) is 2. The van der Waals surface area contributed by atoms with Crippen LogP contribution in [0.15, 0.2) is 30.3 Å². The molecular formula is C16H21NO2. The van der Waals surface area contributed by atoms with Crippen molar-refractivity contribution in [3.63, 3.8) is 0 Å². The molecule has 1 aromatic carbocycles. The Morgan fingerprint density at radius 3 is 2.68 bits per heavy atom. The van der Waals surface area contributed by atoms with E-state index in [9.17, 15) is 9.90 Å². The first-order valence-electron chi connectivity index (χ1n) is 7.22. The highest BCUT2D eigenvalue weighted by Crippen LogP contribution is 2.49. The minimum absolute atomic E-state index is 0.197. The fraction of sp³-hybridized carbons (Fsp3) is 0.562. The molecule has 102 valence electrons. The van der Waals surface area contributed by atoms with Crippen molar-refractivity contribution >= 4 is 5.91 Å². The molecule has 1 aromatic rings. The quantitative estimate of drug-likeness (QED) is 0.901. The fourth-order valence-corrected chi connectivity index (χ4v) is 3.21. The summed E-state index contributed by atoms with van der Waals surface area (Å²) in [7, 11) is 0. The molecule has 2 aliphatic rings. The number of likely N-dealkylation sites (tertiary alicyclic amines) is 1. The van der Waals surface area contributed by atoms with Crippen molar-refractivity contribution in [3.05, 3.63) is 35.9 Å². The Morgan fingerprint density at radius 2 is 2.05 bits per heavy atom. The van der Waals surface area contributed by atoms with Crippen LogP contribution in [0.25, 0.3) is 0 Å². The van der Waals surface area contributed by atoms with Gasteiger partial charge in [-0.15, -0.1) is 0 Å². The van der Waals surface area contributed by atoms with Gasteiger partial charge in [-0.05, 0) is 37.2 Å². The lowest BCUT2D eigenvalue weighted by Gasteiger charge is -2.34. The summed E-state index contributed by atoms with van der Waals surface area (Å²) in [5.41, 5.74) is 0.907. The molecular weight excluding hydrogens is 238 g/mol. The lowest BCUT2D eigenvalue weighted by atomic mass is 9.91. The zero-order valence-corrected chi connectivity index (χ0v) is 11.2. The van der Waals surface area contributed by atoms with Gasteiger partial charge in [0.2, 0.25) is 5.91 Å². The number of amides is 1. The number of rotatable bonds is 3. The molecule has 0 unspecified atom stereocenters. The molecule has 3 rings (SSSR count). The Hall–Kier alpha value is -1.35. The van der Waals surface area contributed by atoms with Crippen LogP contribution in [0.3, 0.4) is 0 Å². The summed E-state index contributed by atoms with van der Waals surface area (Å²) in [6.45, 7) is 1.77. The molecule has 0 radical (unpaired) electrons. The zero-order chi connectivity index (χ0) is 13.3. The Bertz CT molecular complexity index is 453. The van der Waals surface area contributed by atoms with Crippen molar-refractivity contribution in [1.82, 2.24) is 4.90 Å². The van der Waals surface area contributed by atoms with Crippen LogP contribution >= 0.6 is 0 Å². The van der Waals surface area contributed by atoms with Gasteiger partial charge in [-0.2, -0.15) is 0 Å². The molecule has 1 atom stereocenters. The average Bonchev–Trinajstić information content (AvgIpc) is 3.29. The van der Waals surface area contributed by atoms with Crippen LogP contribution in [0.2, 0.25) is 0 Å². The third-order valence-electron chi connectivity index (χ3n) is 4.55. The van der Waals surface area contributed by atoms with Crippen LogP contribution in [0.5, 0.6) is 0 Å². The van der Waals surface area contributed by atoms with E-state index in [0.717, 1.165) is 44.3 Å². The van der Waals surface area contributed by atoms with E-state index in [-0.39, 0.29) is 23.8 Å². The van der Waals surface area contributed by atoms with Crippen LogP contribution in [0.4, 0.5) is 0 Å². The minimum atomic E-state index is -0.251. The molecule has 1 amide bonds. The summed E-state index contributed by atoms with van der Waals surface area (Å²) in [6, 6.07) is 10.1. The predicted molar refractivity (Wildman–Crippen MR) is 73.7 cm³/mol. The Labute approximate surface area is 114 Å². The lowest BCUT2D eigenvalue weighted by molar-refractivity contribution is -0.136. The molecule has 1 saturated heterocycles. The predicted octanol–water partition coefficient (Wildman–Crippen LogP) is 1.95. The van der Waals surface area contributed by atoms with Gasteiger partial charge in [-0.1, -0.05) is 30.3 Å². The van der Waals surface area contributed by atoms with Gasteiger partial charge in [-0.25, -0.2) is 0 Å². The number of hydrogen-bond donors (Lipinski definition) is 1. The molecule has 19 heavy (non-hydrogen) atoms. The average molecular weight is 259 g/mol. The molecule has 1 aliphatic heterocycles. The highest BCUT2D eigenvalue weighted by Gasteiger charge is 2.53. The number of piperidine rings is 1. The normalized spacial score (nSPS) is 25.1. The summed E-state index contributed by atoms with van der Waals surface area (Å²) in [5, 5.41) is 9.29. The van der Waals surface area contributed by atoms with Crippen molar-refractivity contribution < 1.29 is 9.90 Å². The molecule has 3 heteroatoms. The molecule has 3 nitrogen and oxygen atoms in total. The number of carbonyl (C=O) groups is 1. The summed E-state index contributed by atoms with van der Waals surface area (Å²) in [5.74, 6) is 0.543. The maximum Gasteiger partial charge on any atom is 0.233 e. The van der Waals surface area contributed by atoms with Crippen molar-refractivity contribution in [2.75, 3.05) is 19.7 Å². The first kappa shape index (κ1) is 12.7. The Balaban J connectivity index is 1.77. The summed E-state index contributed by atoms with van der Waals surface area (Å²) in [4.78, 5) is 14.8. The van der Waals surface area contributed by atoms with Gasteiger partial charge in [0.15, 0.2) is 0 Å². The molecule has 1 saturated carbocycles. The van der Waals surface area contributed by atoms with E-state index < -0.39 is 0 Å². The summed E-state index contributed by atoms with van der Waals surface area (Å²) < 4.78 is 0. The second-order valence-electron chi connectivity index (χ2n) is 5.89. The highest BCUT2D eigenvalue weighted by molar-refractivity contribution is 5.91. The van der Waals surface area contributed by atoms with Crippen LogP contribution in [-0.2, 0) is 10.2 Å². The van der Waals surface area contributed by atoms with E-state index in [4.69, 9.17) is 0 Å². The van der Waals surface area contributed by atoms with Crippen LogP contribution in [-0.4, -0.2) is 35.6 Å². The van der Waals surface area contributed by atoms with Crippen molar-refractivity contribution in [2.45, 2.75) is 31.1 Å². The zero-order valence-electron chi connectivity index (χ0n) is 11.2.